The van der Waals surface area contributed by atoms with E-state index in [2.05, 4.69) is 14.4 Å². The molecule has 1 rings (SSSR count). The van der Waals surface area contributed by atoms with Gasteiger partial charge in [0.25, 0.3) is 10.0 Å². The normalized spacial score (nSPS) is 11.8. The summed E-state index contributed by atoms with van der Waals surface area (Å²) in [5.41, 5.74) is 1.13. The molecule has 1 aromatic rings. The number of esters is 1. The van der Waals surface area contributed by atoms with Crippen LogP contribution in [0.3, 0.4) is 0 Å². The molecule has 0 saturated heterocycles. The third-order valence-electron chi connectivity index (χ3n) is 2.23. The molecule has 0 unspecified atom stereocenters. The first kappa shape index (κ1) is 16.0. The van der Waals surface area contributed by atoms with Gasteiger partial charge in [0.15, 0.2) is 9.90 Å². The predicted octanol–water partition coefficient (Wildman–Crippen LogP) is 0.160. The minimum atomic E-state index is -3.71. The lowest BCUT2D eigenvalue weighted by molar-refractivity contribution is 0.0590. The smallest absolute Gasteiger partial charge is 0.358 e. The second-order valence-electron chi connectivity index (χ2n) is 4.03. The molecule has 9 heteroatoms. The molecule has 0 fully saturated rings. The molecule has 0 amide bonds. The Morgan fingerprint density at radius 2 is 2.21 bits per heavy atom. The second kappa shape index (κ2) is 6.94. The molecule has 0 aromatic carbocycles. The van der Waals surface area contributed by atoms with E-state index in [-0.39, 0.29) is 9.90 Å². The number of sulfonamides is 1. The molecule has 108 valence electrons. The summed E-state index contributed by atoms with van der Waals surface area (Å²) in [6.07, 6.45) is 0.679. The number of carbonyl (C=O) groups is 1. The first-order valence-electron chi connectivity index (χ1n) is 5.54. The number of thiazole rings is 1. The van der Waals surface area contributed by atoms with Crippen molar-refractivity contribution in [1.29, 1.82) is 0 Å². The van der Waals surface area contributed by atoms with Gasteiger partial charge in [0.2, 0.25) is 0 Å². The number of aromatic nitrogens is 1. The van der Waals surface area contributed by atoms with E-state index in [0.717, 1.165) is 17.9 Å². The zero-order valence-corrected chi connectivity index (χ0v) is 12.7. The van der Waals surface area contributed by atoms with Crippen molar-refractivity contribution in [3.63, 3.8) is 0 Å². The summed E-state index contributed by atoms with van der Waals surface area (Å²) in [6.45, 7) is 1.08. The molecule has 0 spiro atoms. The minimum absolute atomic E-state index is 0.107. The van der Waals surface area contributed by atoms with Crippen LogP contribution in [0.25, 0.3) is 0 Å². The van der Waals surface area contributed by atoms with E-state index in [1.807, 2.05) is 19.0 Å². The minimum Gasteiger partial charge on any atom is -0.464 e. The van der Waals surface area contributed by atoms with Crippen LogP contribution in [0.15, 0.2) is 9.72 Å². The molecule has 0 saturated carbocycles. The van der Waals surface area contributed by atoms with E-state index in [1.54, 1.807) is 0 Å². The van der Waals surface area contributed by atoms with E-state index in [9.17, 15) is 13.2 Å². The fourth-order valence-electron chi connectivity index (χ4n) is 1.33. The lowest BCUT2D eigenvalue weighted by atomic mass is 10.4. The molecule has 0 radical (unpaired) electrons. The Balaban J connectivity index is 2.73. The Labute approximate surface area is 116 Å². The number of nitrogens with zero attached hydrogens (tertiary/aromatic N) is 2. The molecule has 1 heterocycles. The highest BCUT2D eigenvalue weighted by Gasteiger charge is 2.25. The van der Waals surface area contributed by atoms with Crippen molar-refractivity contribution in [3.8, 4) is 0 Å². The van der Waals surface area contributed by atoms with Gasteiger partial charge in [-0.3, -0.25) is 0 Å². The molecule has 0 bridgehead atoms. The summed E-state index contributed by atoms with van der Waals surface area (Å²) in [6, 6.07) is 0. The fourth-order valence-corrected chi connectivity index (χ4v) is 3.57. The van der Waals surface area contributed by atoms with Crippen molar-refractivity contribution in [2.75, 3.05) is 34.3 Å². The molecule has 0 atom stereocenters. The number of rotatable bonds is 7. The summed E-state index contributed by atoms with van der Waals surface area (Å²) < 4.78 is 30.9. The summed E-state index contributed by atoms with van der Waals surface area (Å²) in [4.78, 5) is 17.1. The molecular weight excluding hydrogens is 290 g/mol. The molecule has 1 aromatic heterocycles. The average Bonchev–Trinajstić information content (AvgIpc) is 2.83. The number of nitrogens with one attached hydrogen (secondary N) is 1. The van der Waals surface area contributed by atoms with Crippen LogP contribution in [0.4, 0.5) is 0 Å². The van der Waals surface area contributed by atoms with Crippen LogP contribution >= 0.6 is 11.3 Å². The van der Waals surface area contributed by atoms with Crippen LogP contribution in [0, 0.1) is 0 Å². The van der Waals surface area contributed by atoms with Gasteiger partial charge in [-0.1, -0.05) is 0 Å². The van der Waals surface area contributed by atoms with Gasteiger partial charge >= 0.3 is 5.97 Å². The molecular formula is C10H17N3O4S2. The third kappa shape index (κ3) is 4.53. The van der Waals surface area contributed by atoms with Crippen LogP contribution in [-0.2, 0) is 14.8 Å². The highest BCUT2D eigenvalue weighted by molar-refractivity contribution is 7.91. The molecule has 7 nitrogen and oxygen atoms in total. The van der Waals surface area contributed by atoms with Gasteiger partial charge in [-0.25, -0.2) is 22.9 Å². The van der Waals surface area contributed by atoms with E-state index in [4.69, 9.17) is 0 Å². The Hall–Kier alpha value is -1.03. The Kier molecular flexibility index (Phi) is 5.85. The van der Waals surface area contributed by atoms with Crippen LogP contribution in [0.2, 0.25) is 0 Å². The molecule has 0 aliphatic heterocycles. The van der Waals surface area contributed by atoms with E-state index >= 15 is 0 Å². The van der Waals surface area contributed by atoms with Crippen LogP contribution < -0.4 is 4.72 Å². The molecule has 0 aliphatic carbocycles. The number of ether oxygens (including phenoxy) is 1. The average molecular weight is 307 g/mol. The Bertz CT molecular complexity index is 525. The van der Waals surface area contributed by atoms with Crippen molar-refractivity contribution in [2.45, 2.75) is 10.6 Å². The van der Waals surface area contributed by atoms with Crippen molar-refractivity contribution in [1.82, 2.24) is 14.6 Å². The first-order chi connectivity index (χ1) is 8.88. The first-order valence-corrected chi connectivity index (χ1v) is 7.91. The molecule has 19 heavy (non-hydrogen) atoms. The summed E-state index contributed by atoms with van der Waals surface area (Å²) >= 11 is 0.892. The van der Waals surface area contributed by atoms with Crippen LogP contribution in [0.1, 0.15) is 16.9 Å². The number of hydrogen-bond acceptors (Lipinski definition) is 7. The Morgan fingerprint density at radius 1 is 1.53 bits per heavy atom. The van der Waals surface area contributed by atoms with Crippen molar-refractivity contribution in [2.24, 2.45) is 0 Å². The second-order valence-corrected chi connectivity index (χ2v) is 6.85. The zero-order chi connectivity index (χ0) is 14.5. The number of hydrogen-bond donors (Lipinski definition) is 1. The van der Waals surface area contributed by atoms with Gasteiger partial charge < -0.3 is 9.64 Å². The van der Waals surface area contributed by atoms with Crippen molar-refractivity contribution < 1.29 is 17.9 Å². The van der Waals surface area contributed by atoms with Gasteiger partial charge in [0.1, 0.15) is 0 Å². The van der Waals surface area contributed by atoms with Crippen LogP contribution in [-0.4, -0.2) is 58.6 Å². The molecule has 0 aliphatic rings. The predicted molar refractivity (Wildman–Crippen MR) is 71.8 cm³/mol. The maximum Gasteiger partial charge on any atom is 0.358 e. The summed E-state index contributed by atoms with van der Waals surface area (Å²) in [5.74, 6) is -0.755. The summed E-state index contributed by atoms with van der Waals surface area (Å²) in [7, 11) is 1.29. The fraction of sp³-hybridized carbons (Fsp3) is 0.600. The maximum atomic E-state index is 12.0. The van der Waals surface area contributed by atoms with E-state index in [0.29, 0.717) is 13.0 Å². The highest BCUT2D eigenvalue weighted by atomic mass is 32.2. The van der Waals surface area contributed by atoms with Crippen LogP contribution in [0.5, 0.6) is 0 Å². The van der Waals surface area contributed by atoms with Gasteiger partial charge in [0.05, 0.1) is 12.6 Å². The Morgan fingerprint density at radius 3 is 2.79 bits per heavy atom. The summed E-state index contributed by atoms with van der Waals surface area (Å²) in [5, 5.41) is 0. The molecule has 1 N–H and O–H groups in total. The highest BCUT2D eigenvalue weighted by Crippen LogP contribution is 2.20. The largest absolute Gasteiger partial charge is 0.464 e. The van der Waals surface area contributed by atoms with E-state index < -0.39 is 16.0 Å². The monoisotopic (exact) mass is 307 g/mol. The standard InChI is InChI=1S/C10H17N3O4S2/c1-13(2)6-4-5-12-19(15,16)10-8(9(14)17-3)11-7-18-10/h7,12H,4-6H2,1-3H3. The van der Waals surface area contributed by atoms with Gasteiger partial charge in [-0.15, -0.1) is 11.3 Å². The number of methoxy groups -OCH3 is 1. The van der Waals surface area contributed by atoms with Gasteiger partial charge in [-0.05, 0) is 27.1 Å². The third-order valence-corrected chi connectivity index (χ3v) is 5.06. The van der Waals surface area contributed by atoms with E-state index in [1.165, 1.54) is 12.6 Å². The quantitative estimate of drug-likeness (QED) is 0.570. The van der Waals surface area contributed by atoms with Crippen molar-refractivity contribution >= 4 is 27.3 Å². The topological polar surface area (TPSA) is 88.6 Å². The van der Waals surface area contributed by atoms with Gasteiger partial charge in [0, 0.05) is 6.54 Å². The maximum absolute atomic E-state index is 12.0. The SMILES string of the molecule is COC(=O)c1ncsc1S(=O)(=O)NCCCN(C)C. The van der Waals surface area contributed by atoms with Gasteiger partial charge in [-0.2, -0.15) is 0 Å². The van der Waals surface area contributed by atoms with Crippen molar-refractivity contribution in [3.05, 3.63) is 11.2 Å². The number of carbonyl (C=O) groups excluding carboxylic acids is 1. The lowest BCUT2D eigenvalue weighted by Crippen LogP contribution is -2.28. The lowest BCUT2D eigenvalue weighted by Gasteiger charge is -2.09. The zero-order valence-electron chi connectivity index (χ0n) is 11.0.